The smallest absolute Gasteiger partial charge is 0.238 e. The van der Waals surface area contributed by atoms with Crippen molar-refractivity contribution in [3.05, 3.63) is 40.5 Å². The van der Waals surface area contributed by atoms with Crippen LogP contribution in [-0.2, 0) is 15.4 Å². The van der Waals surface area contributed by atoms with E-state index in [2.05, 4.69) is 21.1 Å². The first-order valence-electron chi connectivity index (χ1n) is 11.5. The fourth-order valence-electron chi connectivity index (χ4n) is 5.59. The summed E-state index contributed by atoms with van der Waals surface area (Å²) in [6, 6.07) is 7.73. The Balaban J connectivity index is 1.25. The van der Waals surface area contributed by atoms with E-state index >= 15 is 0 Å². The van der Waals surface area contributed by atoms with Crippen LogP contribution >= 0.6 is 15.9 Å². The molecular formula is C23H28BrN3O3S. The summed E-state index contributed by atoms with van der Waals surface area (Å²) in [4.78, 5) is 4.79. The Kier molecular flexibility index (Phi) is 4.59. The molecular weight excluding hydrogens is 478 g/mol. The van der Waals surface area contributed by atoms with Crippen LogP contribution in [0.2, 0.25) is 0 Å². The summed E-state index contributed by atoms with van der Waals surface area (Å²) in [6.45, 7) is 0.579. The minimum atomic E-state index is -3.32. The van der Waals surface area contributed by atoms with Gasteiger partial charge in [0, 0.05) is 22.4 Å². The third-order valence-corrected chi connectivity index (χ3v) is 10.8. The summed E-state index contributed by atoms with van der Waals surface area (Å²) in [7, 11) is -3.32. The topological polar surface area (TPSA) is 76.3 Å². The molecule has 5 fully saturated rings. The average Bonchev–Trinajstić information content (AvgIpc) is 3.71. The summed E-state index contributed by atoms with van der Waals surface area (Å²) < 4.78 is 35.1. The lowest BCUT2D eigenvalue weighted by Gasteiger charge is -2.53. The molecule has 166 valence electrons. The van der Waals surface area contributed by atoms with Gasteiger partial charge in [0.2, 0.25) is 15.9 Å². The lowest BCUT2D eigenvalue weighted by Crippen LogP contribution is -2.51. The van der Waals surface area contributed by atoms with Crippen LogP contribution in [0.25, 0.3) is 0 Å². The van der Waals surface area contributed by atoms with Gasteiger partial charge >= 0.3 is 0 Å². The summed E-state index contributed by atoms with van der Waals surface area (Å²) in [5.41, 5.74) is 0.813. The Bertz CT molecular complexity index is 1080. The molecule has 5 saturated carbocycles. The van der Waals surface area contributed by atoms with Crippen LogP contribution in [0.1, 0.15) is 81.8 Å². The first-order valence-corrected chi connectivity index (χ1v) is 13.8. The molecule has 0 aliphatic heterocycles. The Morgan fingerprint density at radius 2 is 1.77 bits per heavy atom. The van der Waals surface area contributed by atoms with Gasteiger partial charge in [0.05, 0.1) is 10.9 Å². The van der Waals surface area contributed by atoms with Gasteiger partial charge in [-0.05, 0) is 87.8 Å². The highest BCUT2D eigenvalue weighted by Crippen LogP contribution is 2.58. The maximum atomic E-state index is 13.4. The van der Waals surface area contributed by atoms with Gasteiger partial charge < -0.3 is 4.52 Å². The van der Waals surface area contributed by atoms with E-state index in [0.717, 1.165) is 73.2 Å². The summed E-state index contributed by atoms with van der Waals surface area (Å²) in [5.74, 6) is 2.23. The Morgan fingerprint density at radius 1 is 1.06 bits per heavy atom. The van der Waals surface area contributed by atoms with E-state index < -0.39 is 10.0 Å². The van der Waals surface area contributed by atoms with Crippen LogP contribution in [0.15, 0.2) is 33.3 Å². The molecule has 0 unspecified atom stereocenters. The van der Waals surface area contributed by atoms with E-state index in [9.17, 15) is 8.42 Å². The number of aromatic nitrogens is 2. The van der Waals surface area contributed by atoms with Crippen molar-refractivity contribution in [2.45, 2.75) is 80.8 Å². The molecule has 0 radical (unpaired) electrons. The number of fused-ring (bicyclic) bond motifs is 3. The first kappa shape index (κ1) is 20.2. The predicted octanol–water partition coefficient (Wildman–Crippen LogP) is 5.30. The number of hydrogen-bond acceptors (Lipinski definition) is 5. The summed E-state index contributed by atoms with van der Waals surface area (Å²) in [5, 5.41) is 4.04. The van der Waals surface area contributed by atoms with E-state index in [0.29, 0.717) is 12.5 Å². The number of nitrogens with zero attached hydrogens (tertiary/aromatic N) is 3. The van der Waals surface area contributed by atoms with Crippen LogP contribution in [0.3, 0.4) is 0 Å². The van der Waals surface area contributed by atoms with Crippen LogP contribution in [0, 0.1) is 5.41 Å². The molecule has 0 saturated heterocycles. The number of rotatable bonds is 7. The first-order chi connectivity index (χ1) is 14.9. The van der Waals surface area contributed by atoms with Crippen molar-refractivity contribution in [3.63, 3.8) is 0 Å². The van der Waals surface area contributed by atoms with Crippen molar-refractivity contribution in [3.8, 4) is 0 Å². The SMILES string of the molecule is O=S(=O)(C1CC1)N(CC12CCC(c3nc(C4CC4)no3)(CC1)CC2)c1cccc(Br)c1. The fourth-order valence-corrected chi connectivity index (χ4v) is 7.93. The van der Waals surface area contributed by atoms with Crippen molar-refractivity contribution in [2.24, 2.45) is 5.41 Å². The second-order valence-electron chi connectivity index (χ2n) is 10.2. The molecule has 0 spiro atoms. The standard InChI is InChI=1S/C23H28BrN3O3S/c24-17-2-1-3-18(14-17)27(31(28,29)19-6-7-19)15-22-8-11-23(12-9-22,13-10-22)21-25-20(26-30-21)16-4-5-16/h1-3,14,16,19H,4-13,15H2. The Hall–Kier alpha value is -1.41. The van der Waals surface area contributed by atoms with Gasteiger partial charge in [0.1, 0.15) is 0 Å². The Labute approximate surface area is 192 Å². The zero-order chi connectivity index (χ0) is 21.3. The van der Waals surface area contributed by atoms with Crippen molar-refractivity contribution in [1.29, 1.82) is 0 Å². The van der Waals surface area contributed by atoms with Crippen molar-refractivity contribution >= 4 is 31.6 Å². The molecule has 8 heteroatoms. The third kappa shape index (κ3) is 3.54. The van der Waals surface area contributed by atoms with Gasteiger partial charge in [-0.3, -0.25) is 4.31 Å². The Morgan fingerprint density at radius 3 is 2.39 bits per heavy atom. The molecule has 1 aromatic carbocycles. The zero-order valence-corrected chi connectivity index (χ0v) is 20.0. The quantitative estimate of drug-likeness (QED) is 0.510. The maximum absolute atomic E-state index is 13.4. The molecule has 0 N–H and O–H groups in total. The molecule has 0 amide bonds. The normalized spacial score (nSPS) is 30.5. The highest BCUT2D eigenvalue weighted by molar-refractivity contribution is 9.10. The number of anilines is 1. The van der Waals surface area contributed by atoms with Crippen LogP contribution in [0.4, 0.5) is 5.69 Å². The minimum absolute atomic E-state index is 0.00212. The highest BCUT2D eigenvalue weighted by atomic mass is 79.9. The van der Waals surface area contributed by atoms with Gasteiger partial charge in [-0.15, -0.1) is 0 Å². The van der Waals surface area contributed by atoms with Crippen molar-refractivity contribution in [2.75, 3.05) is 10.8 Å². The van der Waals surface area contributed by atoms with Crippen LogP contribution < -0.4 is 4.31 Å². The third-order valence-electron chi connectivity index (χ3n) is 8.07. The van der Waals surface area contributed by atoms with E-state index in [-0.39, 0.29) is 16.1 Å². The molecule has 31 heavy (non-hydrogen) atoms. The maximum Gasteiger partial charge on any atom is 0.238 e. The van der Waals surface area contributed by atoms with E-state index in [1.54, 1.807) is 4.31 Å². The lowest BCUT2D eigenvalue weighted by atomic mass is 9.53. The van der Waals surface area contributed by atoms with Crippen LogP contribution in [0.5, 0.6) is 0 Å². The summed E-state index contributed by atoms with van der Waals surface area (Å²) in [6.07, 6.45) is 9.98. The molecule has 1 heterocycles. The highest BCUT2D eigenvalue weighted by Gasteiger charge is 2.54. The van der Waals surface area contributed by atoms with Gasteiger partial charge in [-0.1, -0.05) is 27.2 Å². The zero-order valence-electron chi connectivity index (χ0n) is 17.6. The number of benzene rings is 1. The number of hydrogen-bond donors (Lipinski definition) is 0. The number of sulfonamides is 1. The molecule has 1 aromatic heterocycles. The van der Waals surface area contributed by atoms with E-state index in [1.807, 2.05) is 24.3 Å². The number of halogens is 1. The molecule has 2 aromatic rings. The predicted molar refractivity (Wildman–Crippen MR) is 122 cm³/mol. The van der Waals surface area contributed by atoms with Crippen molar-refractivity contribution < 1.29 is 12.9 Å². The molecule has 0 atom stereocenters. The van der Waals surface area contributed by atoms with Crippen molar-refractivity contribution in [1.82, 2.24) is 10.1 Å². The average molecular weight is 506 g/mol. The fraction of sp³-hybridized carbons (Fsp3) is 0.652. The molecule has 7 rings (SSSR count). The second-order valence-corrected chi connectivity index (χ2v) is 13.3. The van der Waals surface area contributed by atoms with Gasteiger partial charge in [-0.2, -0.15) is 4.98 Å². The molecule has 2 bridgehead atoms. The molecule has 5 aliphatic carbocycles. The lowest BCUT2D eigenvalue weighted by molar-refractivity contribution is 0.0300. The molecule has 6 nitrogen and oxygen atoms in total. The minimum Gasteiger partial charge on any atom is -0.339 e. The largest absolute Gasteiger partial charge is 0.339 e. The molecule has 5 aliphatic rings. The monoisotopic (exact) mass is 505 g/mol. The summed E-state index contributed by atoms with van der Waals surface area (Å²) >= 11 is 3.52. The van der Waals surface area contributed by atoms with Gasteiger partial charge in [0.15, 0.2) is 5.82 Å². The van der Waals surface area contributed by atoms with Crippen LogP contribution in [-0.4, -0.2) is 30.4 Å². The van der Waals surface area contributed by atoms with Gasteiger partial charge in [-0.25, -0.2) is 8.42 Å². The van der Waals surface area contributed by atoms with E-state index in [1.165, 1.54) is 12.8 Å². The second kappa shape index (κ2) is 7.04. The van der Waals surface area contributed by atoms with Gasteiger partial charge in [0.25, 0.3) is 0 Å². The van der Waals surface area contributed by atoms with E-state index in [4.69, 9.17) is 9.51 Å².